The van der Waals surface area contributed by atoms with Gasteiger partial charge in [0.1, 0.15) is 74.0 Å². The smallest absolute Gasteiger partial charge is 0.247 e. The van der Waals surface area contributed by atoms with E-state index >= 15 is 0 Å². The average molecular weight is 1130 g/mol. The number of para-hydroxylation sites is 5. The number of aryl methyl sites for hydroxylation is 7. The van der Waals surface area contributed by atoms with Gasteiger partial charge < -0.3 is 0 Å². The Morgan fingerprint density at radius 3 is 0.940 bits per heavy atom. The van der Waals surface area contributed by atoms with Gasteiger partial charge in [0.25, 0.3) is 0 Å². The van der Waals surface area contributed by atoms with Crippen LogP contribution in [-0.2, 0) is 0 Å². The molecule has 2 aliphatic rings. The predicted molar refractivity (Wildman–Crippen MR) is 345 cm³/mol. The van der Waals surface area contributed by atoms with Crippen LogP contribution in [0.3, 0.4) is 0 Å². The highest BCUT2D eigenvalue weighted by Crippen LogP contribution is 2.35. The van der Waals surface area contributed by atoms with Gasteiger partial charge in [0, 0.05) is 68.7 Å². The van der Waals surface area contributed by atoms with Crippen LogP contribution in [0.25, 0.3) is 39.7 Å². The molecule has 6 aromatic carbocycles. The molecule has 0 spiro atoms. The minimum absolute atomic E-state index is 0. The maximum atomic E-state index is 8.35. The summed E-state index contributed by atoms with van der Waals surface area (Å²) in [4.78, 5) is 9.93. The largest absolute Gasteiger partial charge is 0.312 e. The number of nitrogens with zero attached hydrogens (tertiary/aromatic N) is 5. The van der Waals surface area contributed by atoms with E-state index in [1.54, 1.807) is 0 Å². The fraction of sp³-hybridized carbons (Fsp3) is 0.311. The van der Waals surface area contributed by atoms with Crippen LogP contribution in [0.1, 0.15) is 158 Å². The monoisotopic (exact) mass is 1130 g/mol. The van der Waals surface area contributed by atoms with Crippen molar-refractivity contribution in [1.82, 2.24) is 24.9 Å². The van der Waals surface area contributed by atoms with Gasteiger partial charge in [0.05, 0.1) is 0 Å². The average Bonchev–Trinajstić information content (AvgIpc) is 1.64. The molecule has 11 aromatic rings. The van der Waals surface area contributed by atoms with Crippen molar-refractivity contribution in [1.29, 1.82) is 0 Å². The maximum Gasteiger partial charge on any atom is 0.312 e. The van der Waals surface area contributed by atoms with Crippen molar-refractivity contribution < 1.29 is 36.8 Å². The zero-order valence-corrected chi connectivity index (χ0v) is 51.5. The number of benzene rings is 6. The molecule has 0 unspecified atom stereocenters. The molecule has 2 fully saturated rings. The molecule has 0 aliphatic heterocycles. The van der Waals surface area contributed by atoms with Gasteiger partial charge in [-0.2, -0.15) is 22.8 Å². The Morgan fingerprint density at radius 1 is 0.333 bits per heavy atom. The molecule has 0 radical (unpaired) electrons. The summed E-state index contributed by atoms with van der Waals surface area (Å²) in [5.74, 6) is 0.882. The van der Waals surface area contributed by atoms with Crippen LogP contribution in [0.2, 0.25) is 4.24 Å². The van der Waals surface area contributed by atoms with Crippen molar-refractivity contribution in [2.45, 2.75) is 153 Å². The molecule has 2 saturated carbocycles. The highest BCUT2D eigenvalue weighted by molar-refractivity contribution is 5.60. The normalized spacial score (nSPS) is 14.5. The summed E-state index contributed by atoms with van der Waals surface area (Å²) in [7, 11) is 0. The quantitative estimate of drug-likeness (QED) is 0.0937. The summed E-state index contributed by atoms with van der Waals surface area (Å²) >= 11 is 0. The van der Waals surface area contributed by atoms with Crippen molar-refractivity contribution >= 4 is 0 Å². The second-order valence-corrected chi connectivity index (χ2v) is 22.7. The lowest BCUT2D eigenvalue weighted by Gasteiger charge is -2.18. The fourth-order valence-corrected chi connectivity index (χ4v) is 11.5. The van der Waals surface area contributed by atoms with Gasteiger partial charge >= 0.3 is 4.24 Å². The zero-order chi connectivity index (χ0) is 66.2. The molecule has 10 heteroatoms. The fourth-order valence-electron chi connectivity index (χ4n) is 11.5. The van der Waals surface area contributed by atoms with Crippen LogP contribution in [-0.4, -0.2) is 24.9 Å². The van der Waals surface area contributed by atoms with Gasteiger partial charge in [-0.15, -0.1) is 0 Å². The summed E-state index contributed by atoms with van der Waals surface area (Å²) in [6.45, 7) is 24.3. The summed E-state index contributed by atoms with van der Waals surface area (Å²) in [6.07, 6.45) is 12.4. The molecule has 436 valence electrons. The lowest BCUT2D eigenvalue weighted by Crippen LogP contribution is -2.32. The second-order valence-electron chi connectivity index (χ2n) is 22.7. The number of imidazole rings is 5. The lowest BCUT2D eigenvalue weighted by molar-refractivity contribution is -0.601. The maximum absolute atomic E-state index is 8.35. The number of nitrogens with one attached hydrogen (secondary N) is 5. The standard InChI is InChI=1S/C17H22N2.C17H16N2.C16H20N2.2C12H14N2.2H2/c2*1-13-8-6-7-11-16(13)19-12-18-17(14(19)2)15-9-4-3-5-10-15;1-12-7-3-6-10-15(12)18-11-17-16(13(18)2)14-8-4-5-9-14;2*1-9-6-4-5-7-12(9)14-8-13-10(2)11(14)3;;/h6-8,11-12,15H,3-5,9-10H2,1-2H3;3-12H,1-2H3;3,6-7,10-11,14H,4-5,8-9H2,1-2H3;2*4-8H,1-3H3;2*1H/p+5/i2*12D;11D;2*8D;2*1+1/hD3. The molecule has 84 heavy (non-hydrogen) atoms. The third kappa shape index (κ3) is 13.9. The first-order valence-corrected chi connectivity index (χ1v) is 30.0. The molecule has 0 amide bonds. The van der Waals surface area contributed by atoms with E-state index in [0.29, 0.717) is 24.4 Å². The molecule has 10 nitrogen and oxygen atoms in total. The molecule has 13 rings (SSSR count). The third-order valence-electron chi connectivity index (χ3n) is 16.9. The van der Waals surface area contributed by atoms with Gasteiger partial charge in [-0.3, -0.25) is 0 Å². The molecular weight excluding hydrogens is 1030 g/mol. The highest BCUT2D eigenvalue weighted by atomic mass is 15.1. The Bertz CT molecular complexity index is 4280. The Morgan fingerprint density at radius 2 is 0.619 bits per heavy atom. The van der Waals surface area contributed by atoms with Gasteiger partial charge in [-0.05, 0) is 118 Å². The van der Waals surface area contributed by atoms with Crippen molar-refractivity contribution in [3.63, 3.8) is 0 Å². The lowest BCUT2D eigenvalue weighted by atomic mass is 9.86. The van der Waals surface area contributed by atoms with E-state index in [1.165, 1.54) is 58.2 Å². The van der Waals surface area contributed by atoms with Crippen molar-refractivity contribution in [3.8, 4) is 39.7 Å². The van der Waals surface area contributed by atoms with Crippen LogP contribution in [0.5, 0.6) is 0 Å². The minimum Gasteiger partial charge on any atom is -0.247 e. The number of hydrogen-bond acceptors (Lipinski definition) is 0. The van der Waals surface area contributed by atoms with Gasteiger partial charge in [0.15, 0.2) is 18.2 Å². The van der Waals surface area contributed by atoms with E-state index < -0.39 is 0 Å². The van der Waals surface area contributed by atoms with Crippen molar-refractivity contribution in [2.75, 3.05) is 0 Å². The van der Waals surface area contributed by atoms with Crippen LogP contribution < -0.4 is 22.8 Å². The van der Waals surface area contributed by atoms with E-state index in [9.17, 15) is 0 Å². The minimum atomic E-state index is 0. The number of aromatic amines is 5. The van der Waals surface area contributed by atoms with Gasteiger partial charge in [-0.1, -0.05) is 153 Å². The number of H-pyrrole nitrogens is 5. The first-order chi connectivity index (χ1) is 44.0. The second kappa shape index (κ2) is 28.1. The summed E-state index contributed by atoms with van der Waals surface area (Å²) in [5.41, 5.74) is 21.9. The Hall–Kier alpha value is -8.63. The van der Waals surface area contributed by atoms with Crippen molar-refractivity contribution in [3.05, 3.63) is 262 Å². The van der Waals surface area contributed by atoms with Gasteiger partial charge in [-0.25, -0.2) is 24.9 Å². The summed E-state index contributed by atoms with van der Waals surface area (Å²) < 4.78 is 75.0. The first kappa shape index (κ1) is 49.9. The molecule has 5 heterocycles. The van der Waals surface area contributed by atoms with Crippen LogP contribution in [0.15, 0.2) is 183 Å². The van der Waals surface area contributed by atoms with Crippen molar-refractivity contribution in [2.24, 2.45) is 0 Å². The van der Waals surface area contributed by atoms with E-state index in [1.807, 2.05) is 199 Å². The van der Waals surface area contributed by atoms with E-state index in [4.69, 9.17) is 11.1 Å². The molecule has 0 atom stereocenters. The molecular formula is C74H95N10+5. The van der Waals surface area contributed by atoms with Crippen LogP contribution >= 0.6 is 0 Å². The summed E-state index contributed by atoms with van der Waals surface area (Å²) in [6, 6.07) is 50.1. The number of rotatable bonds is 8. The van der Waals surface area contributed by atoms with Crippen LogP contribution in [0.4, 0.5) is 0 Å². The van der Waals surface area contributed by atoms with Crippen LogP contribution in [0, 0.1) is 83.1 Å². The Balaban J connectivity index is 0.000000167. The first-order valence-electron chi connectivity index (χ1n) is 33.8. The van der Waals surface area contributed by atoms with E-state index in [2.05, 4.69) is 68.9 Å². The number of aromatic nitrogens is 10. The molecule has 0 saturated heterocycles. The molecule has 0 bridgehead atoms. The SMILES string of the molecule is [2HH].[2HH].[2H]c1[nH]c(C)c(C)[n+]1-c1ccccc1C.[2H]c1[nH]c(C)c(C)[n+]1-c1ccccc1C.[2H]c1n([2H])c(-c2ccccc2)c(C)[n+]1-c1ccccc1C.[2H]c1n([2H])c(C2CCCC2)c(C)[n+]1-c1ccccc1C.[2H]c1n([2H])c(C2CCCCC2)c(C)[n+]1-c1ccccc1C. The summed E-state index contributed by atoms with van der Waals surface area (Å²) in [5, 5.41) is 0. The van der Waals surface area contributed by atoms with E-state index in [0.717, 1.165) is 133 Å². The molecule has 5 aromatic heterocycles. The predicted octanol–water partition coefficient (Wildman–Crippen LogP) is 16.0. The molecule has 5 N–H and O–H groups in total. The topological polar surface area (TPSA) is 98.3 Å². The zero-order valence-electron chi connectivity index (χ0n) is 59.5. The third-order valence-corrected chi connectivity index (χ3v) is 16.9. The highest BCUT2D eigenvalue weighted by Gasteiger charge is 2.28. The Kier molecular flexibility index (Phi) is 16.7. The van der Waals surface area contributed by atoms with Gasteiger partial charge in [0.2, 0.25) is 31.5 Å². The molecule has 2 aliphatic carbocycles. The Labute approximate surface area is 514 Å². The van der Waals surface area contributed by atoms with E-state index in [-0.39, 0.29) is 21.8 Å². The number of hydrogen-bond donors (Lipinski definition) is 5.